The topological polar surface area (TPSA) is 118 Å². The number of aromatic amines is 1. The number of aromatic nitrogens is 1. The zero-order chi connectivity index (χ0) is 31.1. The Balaban J connectivity index is 1.29. The number of hydrogen-bond donors (Lipinski definition) is 1. The monoisotopic (exact) mass is 608 g/mol. The third kappa shape index (κ3) is 5.01. The van der Waals surface area contributed by atoms with Crippen LogP contribution in [0.5, 0.6) is 23.0 Å². The first-order valence-electron chi connectivity index (χ1n) is 14.9. The highest BCUT2D eigenvalue weighted by molar-refractivity contribution is 5.91. The standard InChI is InChI=1S/C33H40N2O9/c1-38-19-7-8-23-22(14-19)20-9-10-35-16-18-13-27(44-32(36)17-11-25(39-2)30(41-4)26(12-17)40-3)31(42-5)28(33(37)43-6)21(18)15-24(35)29(20)34-23/h7-8,11-12,14,18,21,24,27-28,31,34H,9-10,13,15-16H2,1-6H3/t18-,21+,24+,27-,28+,31+/m0/s1. The molecule has 1 aromatic heterocycles. The van der Waals surface area contributed by atoms with Crippen molar-refractivity contribution in [2.75, 3.05) is 55.7 Å². The first kappa shape index (κ1) is 30.1. The molecule has 0 bridgehead atoms. The van der Waals surface area contributed by atoms with E-state index in [9.17, 15) is 9.59 Å². The highest BCUT2D eigenvalue weighted by Gasteiger charge is 2.54. The van der Waals surface area contributed by atoms with Crippen molar-refractivity contribution in [1.82, 2.24) is 9.88 Å². The Hall–Kier alpha value is -3.96. The fourth-order valence-corrected chi connectivity index (χ4v) is 7.75. The van der Waals surface area contributed by atoms with Crippen molar-refractivity contribution in [3.63, 3.8) is 0 Å². The Morgan fingerprint density at radius 1 is 0.909 bits per heavy atom. The number of methoxy groups -OCH3 is 6. The van der Waals surface area contributed by atoms with Crippen molar-refractivity contribution in [2.45, 2.75) is 37.5 Å². The van der Waals surface area contributed by atoms with Crippen LogP contribution in [0.1, 0.15) is 40.5 Å². The van der Waals surface area contributed by atoms with Crippen molar-refractivity contribution in [2.24, 2.45) is 17.8 Å². The van der Waals surface area contributed by atoms with Crippen LogP contribution in [0.15, 0.2) is 30.3 Å². The molecule has 11 nitrogen and oxygen atoms in total. The molecule has 3 aromatic rings. The molecular weight excluding hydrogens is 568 g/mol. The average molecular weight is 609 g/mol. The smallest absolute Gasteiger partial charge is 0.338 e. The normalized spacial score (nSPS) is 26.1. The first-order chi connectivity index (χ1) is 21.3. The predicted molar refractivity (Wildman–Crippen MR) is 161 cm³/mol. The van der Waals surface area contributed by atoms with Crippen molar-refractivity contribution in [3.05, 3.63) is 47.2 Å². The molecule has 1 saturated carbocycles. The van der Waals surface area contributed by atoms with Crippen LogP contribution in [-0.2, 0) is 25.4 Å². The van der Waals surface area contributed by atoms with Gasteiger partial charge < -0.3 is 38.1 Å². The zero-order valence-electron chi connectivity index (χ0n) is 26.0. The van der Waals surface area contributed by atoms with Crippen LogP contribution in [-0.4, -0.2) is 89.8 Å². The number of benzene rings is 2. The second-order valence-corrected chi connectivity index (χ2v) is 11.7. The summed E-state index contributed by atoms with van der Waals surface area (Å²) in [5, 5.41) is 1.18. The number of ether oxygens (including phenoxy) is 7. The van der Waals surface area contributed by atoms with Gasteiger partial charge in [-0.05, 0) is 67.0 Å². The lowest BCUT2D eigenvalue weighted by atomic mass is 9.63. The van der Waals surface area contributed by atoms with Crippen molar-refractivity contribution in [1.29, 1.82) is 0 Å². The number of piperidine rings is 1. The lowest BCUT2D eigenvalue weighted by Gasteiger charge is -2.52. The van der Waals surface area contributed by atoms with Gasteiger partial charge in [-0.2, -0.15) is 0 Å². The van der Waals surface area contributed by atoms with E-state index in [4.69, 9.17) is 33.2 Å². The Bertz CT molecular complexity index is 1530. The summed E-state index contributed by atoms with van der Waals surface area (Å²) in [5.74, 6) is 0.463. The van der Waals surface area contributed by atoms with E-state index >= 15 is 0 Å². The van der Waals surface area contributed by atoms with E-state index in [-0.39, 0.29) is 29.4 Å². The molecule has 1 saturated heterocycles. The number of nitrogens with one attached hydrogen (secondary N) is 1. The number of carbonyl (C=O) groups is 2. The molecule has 2 aliphatic heterocycles. The van der Waals surface area contributed by atoms with E-state index in [1.807, 2.05) is 6.07 Å². The van der Waals surface area contributed by atoms with Gasteiger partial charge in [0.15, 0.2) is 11.5 Å². The summed E-state index contributed by atoms with van der Waals surface area (Å²) in [6.07, 6.45) is 0.907. The van der Waals surface area contributed by atoms with E-state index in [0.29, 0.717) is 23.7 Å². The Kier molecular flexibility index (Phi) is 8.34. The fourth-order valence-electron chi connectivity index (χ4n) is 7.75. The summed E-state index contributed by atoms with van der Waals surface area (Å²) in [4.78, 5) is 33.1. The number of carbonyl (C=O) groups excluding carboxylic acids is 2. The van der Waals surface area contributed by atoms with Gasteiger partial charge in [0.1, 0.15) is 18.0 Å². The average Bonchev–Trinajstić information content (AvgIpc) is 3.43. The summed E-state index contributed by atoms with van der Waals surface area (Å²) in [6, 6.07) is 9.37. The second-order valence-electron chi connectivity index (χ2n) is 11.7. The minimum absolute atomic E-state index is 0.0170. The molecule has 2 aromatic carbocycles. The Morgan fingerprint density at radius 2 is 1.66 bits per heavy atom. The maximum absolute atomic E-state index is 13.5. The van der Waals surface area contributed by atoms with Gasteiger partial charge in [0.2, 0.25) is 5.75 Å². The molecule has 44 heavy (non-hydrogen) atoms. The molecule has 0 unspecified atom stereocenters. The van der Waals surface area contributed by atoms with Crippen molar-refractivity contribution < 1.29 is 42.7 Å². The van der Waals surface area contributed by atoms with E-state index in [0.717, 1.165) is 37.2 Å². The summed E-state index contributed by atoms with van der Waals surface area (Å²) < 4.78 is 39.1. The largest absolute Gasteiger partial charge is 0.497 e. The van der Waals surface area contributed by atoms with Crippen molar-refractivity contribution >= 4 is 22.8 Å². The third-order valence-electron chi connectivity index (χ3n) is 9.76. The van der Waals surface area contributed by atoms with Crippen LogP contribution in [0.25, 0.3) is 10.9 Å². The summed E-state index contributed by atoms with van der Waals surface area (Å²) in [6.45, 7) is 1.67. The predicted octanol–water partition coefficient (Wildman–Crippen LogP) is 4.17. The molecular formula is C33H40N2O9. The quantitative estimate of drug-likeness (QED) is 0.374. The van der Waals surface area contributed by atoms with Gasteiger partial charge >= 0.3 is 11.9 Å². The third-order valence-corrected chi connectivity index (χ3v) is 9.76. The molecule has 1 aliphatic carbocycles. The van der Waals surface area contributed by atoms with Crippen LogP contribution in [0.4, 0.5) is 0 Å². The van der Waals surface area contributed by atoms with E-state index in [2.05, 4.69) is 22.0 Å². The molecule has 6 atom stereocenters. The van der Waals surface area contributed by atoms with Gasteiger partial charge in [-0.25, -0.2) is 4.79 Å². The molecule has 2 fully saturated rings. The highest BCUT2D eigenvalue weighted by atomic mass is 16.6. The number of esters is 2. The van der Waals surface area contributed by atoms with Crippen LogP contribution < -0.4 is 18.9 Å². The molecule has 236 valence electrons. The van der Waals surface area contributed by atoms with E-state index in [1.54, 1.807) is 26.4 Å². The number of rotatable bonds is 8. The highest BCUT2D eigenvalue weighted by Crippen LogP contribution is 2.51. The second kappa shape index (κ2) is 12.2. The van der Waals surface area contributed by atoms with Gasteiger partial charge in [-0.3, -0.25) is 9.69 Å². The number of hydrogen-bond acceptors (Lipinski definition) is 10. The van der Waals surface area contributed by atoms with Crippen LogP contribution in [0.2, 0.25) is 0 Å². The molecule has 0 amide bonds. The lowest BCUT2D eigenvalue weighted by Crippen LogP contribution is -2.58. The first-order valence-corrected chi connectivity index (χ1v) is 14.9. The molecule has 3 aliphatic rings. The molecule has 1 N–H and O–H groups in total. The summed E-state index contributed by atoms with van der Waals surface area (Å²) >= 11 is 0. The van der Waals surface area contributed by atoms with Gasteiger partial charge in [0.25, 0.3) is 0 Å². The molecule has 3 heterocycles. The van der Waals surface area contributed by atoms with Crippen molar-refractivity contribution in [3.8, 4) is 23.0 Å². The van der Waals surface area contributed by atoms with Crippen LogP contribution in [0.3, 0.4) is 0 Å². The Morgan fingerprint density at radius 3 is 2.30 bits per heavy atom. The SMILES string of the molecule is COC(=O)[C@@H]1[C@@H]2C[C@@H]3c4[nH]c5ccc(OC)cc5c4CCN3C[C@@H]2C[C@H](OC(=O)c2cc(OC)c(OC)c(OC)c2)[C@H]1OC. The minimum atomic E-state index is -0.670. The molecule has 0 radical (unpaired) electrons. The van der Waals surface area contributed by atoms with Crippen LogP contribution in [0, 0.1) is 17.8 Å². The summed E-state index contributed by atoms with van der Waals surface area (Å²) in [7, 11) is 9.11. The van der Waals surface area contributed by atoms with Gasteiger partial charge in [0.05, 0.1) is 53.1 Å². The van der Waals surface area contributed by atoms with Gasteiger partial charge in [-0.15, -0.1) is 0 Å². The lowest BCUT2D eigenvalue weighted by molar-refractivity contribution is -0.176. The minimum Gasteiger partial charge on any atom is -0.497 e. The molecule has 11 heteroatoms. The molecule has 6 rings (SSSR count). The van der Waals surface area contributed by atoms with Gasteiger partial charge in [-0.1, -0.05) is 0 Å². The summed E-state index contributed by atoms with van der Waals surface area (Å²) in [5.41, 5.74) is 3.84. The Labute approximate surface area is 256 Å². The van der Waals surface area contributed by atoms with Crippen LogP contribution >= 0.6 is 0 Å². The zero-order valence-corrected chi connectivity index (χ0v) is 26.0. The van der Waals surface area contributed by atoms with E-state index < -0.39 is 24.1 Å². The number of nitrogens with zero attached hydrogens (tertiary/aromatic N) is 1. The molecule has 0 spiro atoms. The van der Waals surface area contributed by atoms with Gasteiger partial charge in [0, 0.05) is 36.8 Å². The number of H-pyrrole nitrogens is 1. The van der Waals surface area contributed by atoms with E-state index in [1.165, 1.54) is 45.1 Å². The fraction of sp³-hybridized carbons (Fsp3) is 0.515. The maximum Gasteiger partial charge on any atom is 0.338 e. The number of fused-ring (bicyclic) bond motifs is 6. The maximum atomic E-state index is 13.5.